The molecule has 0 saturated carbocycles. The molecule has 0 aliphatic heterocycles. The molecule has 0 amide bonds. The van der Waals surface area contributed by atoms with E-state index in [9.17, 15) is 4.39 Å². The molecule has 2 rings (SSSR count). The van der Waals surface area contributed by atoms with Gasteiger partial charge in [-0.05, 0) is 31.2 Å². The maximum atomic E-state index is 13.0. The molecule has 0 aromatic heterocycles. The Bertz CT molecular complexity index is 617. The van der Waals surface area contributed by atoms with E-state index in [1.807, 2.05) is 25.1 Å². The van der Waals surface area contributed by atoms with Gasteiger partial charge in [-0.25, -0.2) is 4.39 Å². The van der Waals surface area contributed by atoms with Crippen molar-refractivity contribution in [2.45, 2.75) is 19.6 Å². The molecule has 20 heavy (non-hydrogen) atoms. The molecule has 2 aromatic rings. The summed E-state index contributed by atoms with van der Waals surface area (Å²) in [6, 6.07) is 10.2. The highest BCUT2D eigenvalue weighted by Gasteiger charge is 2.10. The van der Waals surface area contributed by atoms with Crippen molar-refractivity contribution in [3.8, 4) is 5.75 Å². The van der Waals surface area contributed by atoms with Crippen LogP contribution >= 0.6 is 31.9 Å². The number of rotatable bonds is 4. The molecule has 0 saturated heterocycles. The van der Waals surface area contributed by atoms with Gasteiger partial charge in [0.1, 0.15) is 18.2 Å². The van der Waals surface area contributed by atoms with E-state index in [-0.39, 0.29) is 11.9 Å². The van der Waals surface area contributed by atoms with E-state index in [1.54, 1.807) is 6.07 Å². The third-order valence-electron chi connectivity index (χ3n) is 2.86. The van der Waals surface area contributed by atoms with Crippen LogP contribution in [0.25, 0.3) is 0 Å². The number of halogens is 3. The second-order valence-electron chi connectivity index (χ2n) is 4.50. The lowest BCUT2D eigenvalue weighted by molar-refractivity contribution is 0.300. The zero-order valence-corrected chi connectivity index (χ0v) is 14.0. The summed E-state index contributed by atoms with van der Waals surface area (Å²) in [6.45, 7) is 2.25. The normalized spacial score (nSPS) is 12.2. The van der Waals surface area contributed by atoms with Crippen molar-refractivity contribution in [3.05, 3.63) is 62.3 Å². The molecule has 0 spiro atoms. The first-order chi connectivity index (χ1) is 9.47. The number of hydrogen-bond donors (Lipinski definition) is 1. The van der Waals surface area contributed by atoms with Crippen LogP contribution in [0.3, 0.4) is 0 Å². The van der Waals surface area contributed by atoms with E-state index in [1.165, 1.54) is 12.1 Å². The van der Waals surface area contributed by atoms with E-state index in [4.69, 9.17) is 10.5 Å². The Morgan fingerprint density at radius 2 is 1.95 bits per heavy atom. The molecule has 1 unspecified atom stereocenters. The van der Waals surface area contributed by atoms with Crippen LogP contribution in [-0.4, -0.2) is 0 Å². The lowest BCUT2D eigenvalue weighted by Crippen LogP contribution is -2.08. The predicted molar refractivity (Wildman–Crippen MR) is 85.2 cm³/mol. The van der Waals surface area contributed by atoms with Crippen LogP contribution in [0.1, 0.15) is 24.1 Å². The van der Waals surface area contributed by atoms with Crippen molar-refractivity contribution >= 4 is 31.9 Å². The van der Waals surface area contributed by atoms with Crippen LogP contribution in [0, 0.1) is 5.82 Å². The number of ether oxygens (including phenoxy) is 1. The highest BCUT2D eigenvalue weighted by atomic mass is 79.9. The molecular weight excluding hydrogens is 389 g/mol. The first kappa shape index (κ1) is 15.5. The molecule has 1 atom stereocenters. The Balaban J connectivity index is 2.20. The van der Waals surface area contributed by atoms with Gasteiger partial charge < -0.3 is 10.5 Å². The van der Waals surface area contributed by atoms with Gasteiger partial charge in [0.25, 0.3) is 0 Å². The maximum absolute atomic E-state index is 13.0. The molecule has 0 bridgehead atoms. The SMILES string of the molecule is CC(N)c1ccc(Br)cc1OCc1ccc(F)cc1Br. The summed E-state index contributed by atoms with van der Waals surface area (Å²) in [5.74, 6) is 0.449. The molecule has 0 heterocycles. The van der Waals surface area contributed by atoms with E-state index in [0.29, 0.717) is 11.1 Å². The first-order valence-electron chi connectivity index (χ1n) is 6.09. The standard InChI is InChI=1S/C15H14Br2FNO/c1-9(19)13-5-3-11(16)6-15(13)20-8-10-2-4-12(18)7-14(10)17/h2-7,9H,8,19H2,1H3. The third-order valence-corrected chi connectivity index (χ3v) is 4.10. The quantitative estimate of drug-likeness (QED) is 0.785. The summed E-state index contributed by atoms with van der Waals surface area (Å²) in [5.41, 5.74) is 7.74. The predicted octanol–water partition coefficient (Wildman–Crippen LogP) is 4.95. The van der Waals surface area contributed by atoms with Crippen molar-refractivity contribution in [1.29, 1.82) is 0 Å². The van der Waals surface area contributed by atoms with Crippen LogP contribution < -0.4 is 10.5 Å². The van der Waals surface area contributed by atoms with E-state index in [2.05, 4.69) is 31.9 Å². The smallest absolute Gasteiger partial charge is 0.125 e. The molecular formula is C15H14Br2FNO. The summed E-state index contributed by atoms with van der Waals surface area (Å²) in [6.07, 6.45) is 0. The molecule has 5 heteroatoms. The van der Waals surface area contributed by atoms with Crippen LogP contribution in [0.5, 0.6) is 5.75 Å². The monoisotopic (exact) mass is 401 g/mol. The van der Waals surface area contributed by atoms with Gasteiger partial charge >= 0.3 is 0 Å². The molecule has 0 aliphatic rings. The fourth-order valence-electron chi connectivity index (χ4n) is 1.80. The van der Waals surface area contributed by atoms with Gasteiger partial charge in [-0.1, -0.05) is 44.0 Å². The summed E-state index contributed by atoms with van der Waals surface area (Å²) in [5, 5.41) is 0. The van der Waals surface area contributed by atoms with Gasteiger partial charge in [-0.3, -0.25) is 0 Å². The summed E-state index contributed by atoms with van der Waals surface area (Å²) in [7, 11) is 0. The second kappa shape index (κ2) is 6.70. The minimum Gasteiger partial charge on any atom is -0.488 e. The molecule has 2 N–H and O–H groups in total. The zero-order chi connectivity index (χ0) is 14.7. The fraction of sp³-hybridized carbons (Fsp3) is 0.200. The van der Waals surface area contributed by atoms with Crippen molar-refractivity contribution in [3.63, 3.8) is 0 Å². The lowest BCUT2D eigenvalue weighted by atomic mass is 10.1. The summed E-state index contributed by atoms with van der Waals surface area (Å²) < 4.78 is 20.5. The summed E-state index contributed by atoms with van der Waals surface area (Å²) >= 11 is 6.74. The molecule has 0 fully saturated rings. The average Bonchev–Trinajstić information content (AvgIpc) is 2.37. The van der Waals surface area contributed by atoms with E-state index < -0.39 is 0 Å². The Labute approximate surface area is 134 Å². The first-order valence-corrected chi connectivity index (χ1v) is 7.67. The van der Waals surface area contributed by atoms with Gasteiger partial charge in [-0.15, -0.1) is 0 Å². The highest BCUT2D eigenvalue weighted by Crippen LogP contribution is 2.29. The Hall–Kier alpha value is -0.910. The highest BCUT2D eigenvalue weighted by molar-refractivity contribution is 9.10. The molecule has 0 aliphatic carbocycles. The molecule has 106 valence electrons. The summed E-state index contributed by atoms with van der Waals surface area (Å²) in [4.78, 5) is 0. The maximum Gasteiger partial charge on any atom is 0.125 e. The molecule has 2 nitrogen and oxygen atoms in total. The fourth-order valence-corrected chi connectivity index (χ4v) is 2.61. The minimum atomic E-state index is -0.278. The van der Waals surface area contributed by atoms with Crippen molar-refractivity contribution < 1.29 is 9.13 Å². The molecule has 0 radical (unpaired) electrons. The lowest BCUT2D eigenvalue weighted by Gasteiger charge is -2.15. The van der Waals surface area contributed by atoms with Crippen molar-refractivity contribution in [1.82, 2.24) is 0 Å². The van der Waals surface area contributed by atoms with E-state index in [0.717, 1.165) is 21.3 Å². The Morgan fingerprint density at radius 3 is 2.60 bits per heavy atom. The van der Waals surface area contributed by atoms with Crippen LogP contribution in [-0.2, 0) is 6.61 Å². The minimum absolute atomic E-state index is 0.116. The molecule has 2 aromatic carbocycles. The number of benzene rings is 2. The average molecular weight is 403 g/mol. The van der Waals surface area contributed by atoms with Crippen LogP contribution in [0.2, 0.25) is 0 Å². The van der Waals surface area contributed by atoms with Crippen LogP contribution in [0.4, 0.5) is 4.39 Å². The van der Waals surface area contributed by atoms with Crippen molar-refractivity contribution in [2.24, 2.45) is 5.73 Å². The van der Waals surface area contributed by atoms with Crippen molar-refractivity contribution in [2.75, 3.05) is 0 Å². The zero-order valence-electron chi connectivity index (χ0n) is 10.9. The van der Waals surface area contributed by atoms with Gasteiger partial charge in [0, 0.05) is 26.1 Å². The number of hydrogen-bond acceptors (Lipinski definition) is 2. The Morgan fingerprint density at radius 1 is 1.20 bits per heavy atom. The number of nitrogens with two attached hydrogens (primary N) is 1. The van der Waals surface area contributed by atoms with E-state index >= 15 is 0 Å². The third kappa shape index (κ3) is 3.81. The van der Waals surface area contributed by atoms with Gasteiger partial charge in [0.15, 0.2) is 0 Å². The second-order valence-corrected chi connectivity index (χ2v) is 6.27. The van der Waals surface area contributed by atoms with Crippen LogP contribution in [0.15, 0.2) is 45.3 Å². The largest absolute Gasteiger partial charge is 0.488 e. The van der Waals surface area contributed by atoms with Gasteiger partial charge in [-0.2, -0.15) is 0 Å². The van der Waals surface area contributed by atoms with Gasteiger partial charge in [0.2, 0.25) is 0 Å². The topological polar surface area (TPSA) is 35.2 Å². The van der Waals surface area contributed by atoms with Gasteiger partial charge in [0.05, 0.1) is 0 Å². The Kier molecular flexibility index (Phi) is 5.18.